The number of anilines is 1. The summed E-state index contributed by atoms with van der Waals surface area (Å²) in [4.78, 5) is 0.341. The molecule has 106 valence electrons. The summed E-state index contributed by atoms with van der Waals surface area (Å²) in [6, 6.07) is 7.64. The van der Waals surface area contributed by atoms with Crippen LogP contribution in [0.4, 0.5) is 5.69 Å². The molecule has 3 nitrogen and oxygen atoms in total. The number of nitrogens with two attached hydrogens (primary N) is 1. The Balaban J connectivity index is 2.22. The molecule has 2 aromatic rings. The lowest BCUT2D eigenvalue weighted by atomic mass is 10.1. The molecule has 0 radical (unpaired) electrons. The summed E-state index contributed by atoms with van der Waals surface area (Å²) in [5.41, 5.74) is 8.32. The summed E-state index contributed by atoms with van der Waals surface area (Å²) in [5.74, 6) is 1.82. The van der Waals surface area contributed by atoms with Gasteiger partial charge in [-0.1, -0.05) is 23.8 Å². The predicted octanol–water partition coefficient (Wildman–Crippen LogP) is 4.36. The van der Waals surface area contributed by atoms with Crippen molar-refractivity contribution in [2.75, 3.05) is 5.32 Å². The Bertz CT molecular complexity index is 651. The van der Waals surface area contributed by atoms with Gasteiger partial charge in [0.25, 0.3) is 0 Å². The smallest absolute Gasteiger partial charge is 0.106 e. The van der Waals surface area contributed by atoms with Crippen LogP contribution in [0.1, 0.15) is 35.6 Å². The number of rotatable bonds is 4. The molecule has 1 unspecified atom stereocenters. The van der Waals surface area contributed by atoms with Gasteiger partial charge in [0, 0.05) is 11.1 Å². The first-order valence-electron chi connectivity index (χ1n) is 6.31. The SMILES string of the molecule is Cc1cc(C(C)Nc2ccc(C(N)=S)cc2Cl)c(C)o1. The highest BCUT2D eigenvalue weighted by Gasteiger charge is 2.14. The molecule has 2 rings (SSSR count). The molecule has 1 aromatic carbocycles. The van der Waals surface area contributed by atoms with Gasteiger partial charge in [-0.05, 0) is 45.0 Å². The Labute approximate surface area is 129 Å². The molecule has 0 bridgehead atoms. The van der Waals surface area contributed by atoms with E-state index < -0.39 is 0 Å². The molecule has 0 spiro atoms. The zero-order valence-electron chi connectivity index (χ0n) is 11.7. The molecular weight excluding hydrogens is 292 g/mol. The molecule has 0 fully saturated rings. The van der Waals surface area contributed by atoms with E-state index in [2.05, 4.69) is 12.2 Å². The molecule has 1 heterocycles. The zero-order valence-corrected chi connectivity index (χ0v) is 13.2. The Morgan fingerprint density at radius 1 is 1.35 bits per heavy atom. The first-order chi connectivity index (χ1) is 9.38. The van der Waals surface area contributed by atoms with Gasteiger partial charge in [0.1, 0.15) is 16.5 Å². The van der Waals surface area contributed by atoms with Crippen molar-refractivity contribution in [2.24, 2.45) is 5.73 Å². The van der Waals surface area contributed by atoms with Crippen LogP contribution in [0.15, 0.2) is 28.7 Å². The molecule has 0 aliphatic rings. The van der Waals surface area contributed by atoms with Crippen LogP contribution < -0.4 is 11.1 Å². The highest BCUT2D eigenvalue weighted by molar-refractivity contribution is 7.80. The molecular formula is C15H17ClN2OS. The van der Waals surface area contributed by atoms with Crippen LogP contribution in [-0.4, -0.2) is 4.99 Å². The van der Waals surface area contributed by atoms with Crippen LogP contribution in [0.2, 0.25) is 5.02 Å². The van der Waals surface area contributed by atoms with Gasteiger partial charge >= 0.3 is 0 Å². The van der Waals surface area contributed by atoms with E-state index in [1.807, 2.05) is 32.0 Å². The van der Waals surface area contributed by atoms with Gasteiger partial charge in [-0.3, -0.25) is 0 Å². The lowest BCUT2D eigenvalue weighted by molar-refractivity contribution is 0.500. The van der Waals surface area contributed by atoms with Gasteiger partial charge in [-0.25, -0.2) is 0 Å². The summed E-state index contributed by atoms with van der Waals surface area (Å²) < 4.78 is 5.55. The molecule has 0 aliphatic heterocycles. The molecule has 5 heteroatoms. The number of halogens is 1. The van der Waals surface area contributed by atoms with Gasteiger partial charge in [0.15, 0.2) is 0 Å². The fourth-order valence-corrected chi connectivity index (χ4v) is 2.54. The number of aryl methyl sites for hydroxylation is 2. The standard InChI is InChI=1S/C15H17ClN2OS/c1-8-6-12(10(3)19-8)9(2)18-14-5-4-11(15(17)20)7-13(14)16/h4-7,9,18H,1-3H3,(H2,17,20). The van der Waals surface area contributed by atoms with Crippen LogP contribution in [0.25, 0.3) is 0 Å². The predicted molar refractivity (Wildman–Crippen MR) is 87.6 cm³/mol. The average Bonchev–Trinajstić information content (AvgIpc) is 2.70. The van der Waals surface area contributed by atoms with Crippen LogP contribution in [0.3, 0.4) is 0 Å². The molecule has 1 aromatic heterocycles. The quantitative estimate of drug-likeness (QED) is 0.824. The van der Waals surface area contributed by atoms with Crippen LogP contribution in [-0.2, 0) is 0 Å². The maximum atomic E-state index is 6.25. The monoisotopic (exact) mass is 308 g/mol. The van der Waals surface area contributed by atoms with E-state index in [0.717, 1.165) is 28.3 Å². The number of furan rings is 1. The third-order valence-corrected chi connectivity index (χ3v) is 3.72. The topological polar surface area (TPSA) is 51.2 Å². The molecule has 0 aliphatic carbocycles. The molecule has 0 saturated heterocycles. The minimum absolute atomic E-state index is 0.0978. The number of hydrogen-bond donors (Lipinski definition) is 2. The second-order valence-corrected chi connectivity index (χ2v) is 5.64. The van der Waals surface area contributed by atoms with Crippen molar-refractivity contribution in [2.45, 2.75) is 26.8 Å². The van der Waals surface area contributed by atoms with Gasteiger partial charge in [-0.2, -0.15) is 0 Å². The third kappa shape index (κ3) is 3.14. The normalized spacial score (nSPS) is 12.2. The van der Waals surface area contributed by atoms with E-state index in [-0.39, 0.29) is 6.04 Å². The number of hydrogen-bond acceptors (Lipinski definition) is 3. The minimum atomic E-state index is 0.0978. The first kappa shape index (κ1) is 14.9. The van der Waals surface area contributed by atoms with Crippen LogP contribution >= 0.6 is 23.8 Å². The second-order valence-electron chi connectivity index (χ2n) is 4.79. The number of thiocarbonyl (C=S) groups is 1. The van der Waals surface area contributed by atoms with Crippen LogP contribution in [0.5, 0.6) is 0 Å². The minimum Gasteiger partial charge on any atom is -0.466 e. The summed E-state index contributed by atoms with van der Waals surface area (Å²) in [5, 5.41) is 3.97. The van der Waals surface area contributed by atoms with Crippen molar-refractivity contribution >= 4 is 34.5 Å². The lowest BCUT2D eigenvalue weighted by Crippen LogP contribution is -2.11. The van der Waals surface area contributed by atoms with Gasteiger partial charge in [-0.15, -0.1) is 0 Å². The van der Waals surface area contributed by atoms with Crippen molar-refractivity contribution in [1.82, 2.24) is 0 Å². The molecule has 0 amide bonds. The van der Waals surface area contributed by atoms with E-state index >= 15 is 0 Å². The van der Waals surface area contributed by atoms with Crippen molar-refractivity contribution in [1.29, 1.82) is 0 Å². The Morgan fingerprint density at radius 2 is 2.05 bits per heavy atom. The van der Waals surface area contributed by atoms with Crippen molar-refractivity contribution in [3.63, 3.8) is 0 Å². The molecule has 0 saturated carbocycles. The maximum absolute atomic E-state index is 6.25. The fraction of sp³-hybridized carbons (Fsp3) is 0.267. The number of benzene rings is 1. The van der Waals surface area contributed by atoms with E-state index in [1.54, 1.807) is 6.07 Å². The molecule has 20 heavy (non-hydrogen) atoms. The van der Waals surface area contributed by atoms with Crippen molar-refractivity contribution in [3.8, 4) is 0 Å². The highest BCUT2D eigenvalue weighted by Crippen LogP contribution is 2.29. The maximum Gasteiger partial charge on any atom is 0.106 e. The van der Waals surface area contributed by atoms with Crippen molar-refractivity contribution < 1.29 is 4.42 Å². The molecule has 3 N–H and O–H groups in total. The largest absolute Gasteiger partial charge is 0.466 e. The lowest BCUT2D eigenvalue weighted by Gasteiger charge is -2.16. The van der Waals surface area contributed by atoms with Gasteiger partial charge in [0.05, 0.1) is 16.8 Å². The Morgan fingerprint density at radius 3 is 2.55 bits per heavy atom. The summed E-state index contributed by atoms with van der Waals surface area (Å²) >= 11 is 11.2. The summed E-state index contributed by atoms with van der Waals surface area (Å²) in [6.45, 7) is 5.96. The molecule has 1 atom stereocenters. The van der Waals surface area contributed by atoms with Gasteiger partial charge in [0.2, 0.25) is 0 Å². The van der Waals surface area contributed by atoms with E-state index in [0.29, 0.717) is 10.0 Å². The van der Waals surface area contributed by atoms with E-state index in [4.69, 9.17) is 34.0 Å². The third-order valence-electron chi connectivity index (χ3n) is 3.17. The van der Waals surface area contributed by atoms with Crippen LogP contribution in [0, 0.1) is 13.8 Å². The summed E-state index contributed by atoms with van der Waals surface area (Å²) in [7, 11) is 0. The zero-order chi connectivity index (χ0) is 14.9. The number of nitrogens with one attached hydrogen (secondary N) is 1. The first-order valence-corrected chi connectivity index (χ1v) is 7.10. The van der Waals surface area contributed by atoms with Gasteiger partial charge < -0.3 is 15.5 Å². The Hall–Kier alpha value is -1.52. The summed E-state index contributed by atoms with van der Waals surface area (Å²) in [6.07, 6.45) is 0. The average molecular weight is 309 g/mol. The van der Waals surface area contributed by atoms with Crippen molar-refractivity contribution in [3.05, 3.63) is 51.9 Å². The highest BCUT2D eigenvalue weighted by atomic mass is 35.5. The van der Waals surface area contributed by atoms with E-state index in [1.165, 1.54) is 0 Å². The second kappa shape index (κ2) is 5.85. The Kier molecular flexibility index (Phi) is 4.35. The fourth-order valence-electron chi connectivity index (χ4n) is 2.18. The van der Waals surface area contributed by atoms with E-state index in [9.17, 15) is 0 Å².